The van der Waals surface area contributed by atoms with Crippen molar-refractivity contribution in [2.75, 3.05) is 19.1 Å². The van der Waals surface area contributed by atoms with Gasteiger partial charge in [0, 0.05) is 18.0 Å². The van der Waals surface area contributed by atoms with E-state index in [0.717, 1.165) is 11.3 Å². The van der Waals surface area contributed by atoms with Gasteiger partial charge in [0.2, 0.25) is 0 Å². The number of carbonyl (C=O) groups is 3. The molecule has 0 bridgehead atoms. The maximum Gasteiger partial charge on any atom is 0.350 e. The minimum Gasteiger partial charge on any atom is -0.507 e. The number of nitrogens with zero attached hydrogens (tertiary/aromatic N) is 3. The lowest BCUT2D eigenvalue weighted by Crippen LogP contribution is -2.29. The van der Waals surface area contributed by atoms with Gasteiger partial charge in [-0.2, -0.15) is 0 Å². The molecule has 1 atom stereocenters. The number of aromatic nitrogens is 2. The summed E-state index contributed by atoms with van der Waals surface area (Å²) >= 11 is 0.937. The fourth-order valence-electron chi connectivity index (χ4n) is 3.82. The molecule has 3 heterocycles. The van der Waals surface area contributed by atoms with E-state index in [1.165, 1.54) is 25.3 Å². The van der Waals surface area contributed by atoms with Crippen LogP contribution in [-0.2, 0) is 14.3 Å². The molecule has 2 aromatic heterocycles. The Morgan fingerprint density at radius 2 is 1.94 bits per heavy atom. The second kappa shape index (κ2) is 9.06. The number of thiazole rings is 1. The predicted molar refractivity (Wildman–Crippen MR) is 125 cm³/mol. The van der Waals surface area contributed by atoms with Gasteiger partial charge in [0.15, 0.2) is 5.13 Å². The largest absolute Gasteiger partial charge is 0.507 e. The third-order valence-corrected chi connectivity index (χ3v) is 6.63. The molecule has 1 aliphatic heterocycles. The SMILES string of the molecule is COC(=O)c1sc(N2C(=O)C(=O)/C(=C(/O)c3ccc(OC)cc3C)[C@@H]2c2cccnc2)nc1C. The molecular formula is C24H21N3O6S. The Morgan fingerprint density at radius 1 is 1.18 bits per heavy atom. The van der Waals surface area contributed by atoms with Crippen molar-refractivity contribution in [3.63, 3.8) is 0 Å². The van der Waals surface area contributed by atoms with Crippen LogP contribution in [0.5, 0.6) is 5.75 Å². The number of methoxy groups -OCH3 is 2. The maximum atomic E-state index is 13.2. The van der Waals surface area contributed by atoms with Crippen molar-refractivity contribution in [1.29, 1.82) is 0 Å². The summed E-state index contributed by atoms with van der Waals surface area (Å²) in [5, 5.41) is 11.4. The van der Waals surface area contributed by atoms with E-state index in [4.69, 9.17) is 9.47 Å². The number of carbonyl (C=O) groups excluding carboxylic acids is 3. The third kappa shape index (κ3) is 3.81. The average molecular weight is 480 g/mol. The van der Waals surface area contributed by atoms with Gasteiger partial charge < -0.3 is 14.6 Å². The lowest BCUT2D eigenvalue weighted by molar-refractivity contribution is -0.132. The number of hydrogen-bond donors (Lipinski definition) is 1. The van der Waals surface area contributed by atoms with Crippen LogP contribution in [0, 0.1) is 13.8 Å². The number of ketones is 1. The summed E-state index contributed by atoms with van der Waals surface area (Å²) in [6, 6.07) is 7.38. The van der Waals surface area contributed by atoms with Gasteiger partial charge in [0.25, 0.3) is 5.78 Å². The number of aliphatic hydroxyl groups is 1. The molecule has 34 heavy (non-hydrogen) atoms. The number of hydrogen-bond acceptors (Lipinski definition) is 9. The number of aryl methyl sites for hydroxylation is 2. The zero-order valence-electron chi connectivity index (χ0n) is 18.9. The zero-order chi connectivity index (χ0) is 24.6. The van der Waals surface area contributed by atoms with Crippen LogP contribution in [0.25, 0.3) is 5.76 Å². The molecule has 10 heteroatoms. The summed E-state index contributed by atoms with van der Waals surface area (Å²) in [6.07, 6.45) is 3.07. The van der Waals surface area contributed by atoms with E-state index in [1.54, 1.807) is 50.4 Å². The molecule has 1 amide bonds. The Hall–Kier alpha value is -4.05. The van der Waals surface area contributed by atoms with E-state index >= 15 is 0 Å². The number of pyridine rings is 1. The van der Waals surface area contributed by atoms with Gasteiger partial charge in [0.1, 0.15) is 16.4 Å². The predicted octanol–water partition coefficient (Wildman–Crippen LogP) is 3.58. The Balaban J connectivity index is 1.93. The Labute approximate surface area is 199 Å². The molecule has 1 saturated heterocycles. The lowest BCUT2D eigenvalue weighted by atomic mass is 9.95. The fraction of sp³-hybridized carbons (Fsp3) is 0.208. The van der Waals surface area contributed by atoms with Gasteiger partial charge in [-0.1, -0.05) is 17.4 Å². The highest BCUT2D eigenvalue weighted by Gasteiger charge is 2.48. The van der Waals surface area contributed by atoms with Crippen molar-refractivity contribution in [3.8, 4) is 5.75 Å². The van der Waals surface area contributed by atoms with E-state index < -0.39 is 23.7 Å². The van der Waals surface area contributed by atoms with Crippen LogP contribution in [0.2, 0.25) is 0 Å². The van der Waals surface area contributed by atoms with Crippen LogP contribution < -0.4 is 9.64 Å². The number of benzene rings is 1. The Morgan fingerprint density at radius 3 is 2.56 bits per heavy atom. The van der Waals surface area contributed by atoms with Crippen LogP contribution in [0.3, 0.4) is 0 Å². The molecular weight excluding hydrogens is 458 g/mol. The molecule has 0 unspecified atom stereocenters. The molecule has 9 nitrogen and oxygen atoms in total. The van der Waals surface area contributed by atoms with Gasteiger partial charge in [-0.05, 0) is 49.2 Å². The molecule has 1 N–H and O–H groups in total. The van der Waals surface area contributed by atoms with E-state index in [9.17, 15) is 19.5 Å². The summed E-state index contributed by atoms with van der Waals surface area (Å²) in [4.78, 5) is 48.5. The smallest absolute Gasteiger partial charge is 0.350 e. The average Bonchev–Trinajstić information content (AvgIpc) is 3.35. The van der Waals surface area contributed by atoms with E-state index in [-0.39, 0.29) is 21.3 Å². The van der Waals surface area contributed by atoms with Gasteiger partial charge in [0.05, 0.1) is 31.5 Å². The first-order chi connectivity index (χ1) is 16.3. The Kier molecular flexibility index (Phi) is 6.16. The van der Waals surface area contributed by atoms with Gasteiger partial charge in [-0.3, -0.25) is 19.5 Å². The first-order valence-electron chi connectivity index (χ1n) is 10.2. The number of anilines is 1. The first kappa shape index (κ1) is 23.1. The molecule has 1 aliphatic rings. The van der Waals surface area contributed by atoms with Crippen LogP contribution in [0.4, 0.5) is 5.13 Å². The third-order valence-electron chi connectivity index (χ3n) is 5.50. The summed E-state index contributed by atoms with van der Waals surface area (Å²) in [7, 11) is 2.78. The highest BCUT2D eigenvalue weighted by Crippen LogP contribution is 2.44. The van der Waals surface area contributed by atoms with Crippen LogP contribution in [0.15, 0.2) is 48.3 Å². The molecule has 1 fully saturated rings. The monoisotopic (exact) mass is 479 g/mol. The van der Waals surface area contributed by atoms with Gasteiger partial charge in [-0.25, -0.2) is 9.78 Å². The number of ether oxygens (including phenoxy) is 2. The fourth-order valence-corrected chi connectivity index (χ4v) is 4.84. The lowest BCUT2D eigenvalue weighted by Gasteiger charge is -2.22. The number of amides is 1. The van der Waals surface area contributed by atoms with Crippen molar-refractivity contribution in [1.82, 2.24) is 9.97 Å². The summed E-state index contributed by atoms with van der Waals surface area (Å²) in [5.41, 5.74) is 1.81. The van der Waals surface area contributed by atoms with Gasteiger partial charge in [-0.15, -0.1) is 0 Å². The molecule has 0 radical (unpaired) electrons. The quantitative estimate of drug-likeness (QED) is 0.255. The molecule has 174 valence electrons. The normalized spacial score (nSPS) is 17.2. The summed E-state index contributed by atoms with van der Waals surface area (Å²) in [6.45, 7) is 3.38. The number of esters is 1. The second-order valence-corrected chi connectivity index (χ2v) is 8.52. The van der Waals surface area contributed by atoms with Crippen molar-refractivity contribution in [2.45, 2.75) is 19.9 Å². The highest BCUT2D eigenvalue weighted by molar-refractivity contribution is 7.17. The Bertz CT molecular complexity index is 1330. The van der Waals surface area contributed by atoms with Crippen LogP contribution >= 0.6 is 11.3 Å². The second-order valence-electron chi connectivity index (χ2n) is 7.54. The van der Waals surface area contributed by atoms with Crippen molar-refractivity contribution < 1.29 is 29.0 Å². The number of aliphatic hydroxyl groups excluding tert-OH is 1. The van der Waals surface area contributed by atoms with Crippen molar-refractivity contribution >= 4 is 39.9 Å². The van der Waals surface area contributed by atoms with E-state index in [1.807, 2.05) is 0 Å². The van der Waals surface area contributed by atoms with Gasteiger partial charge >= 0.3 is 11.9 Å². The number of rotatable bonds is 5. The molecule has 0 aliphatic carbocycles. The molecule has 0 saturated carbocycles. The van der Waals surface area contributed by atoms with Crippen LogP contribution in [-0.4, -0.2) is 47.0 Å². The summed E-state index contributed by atoms with van der Waals surface area (Å²) in [5.74, 6) is -2.06. The molecule has 1 aromatic carbocycles. The zero-order valence-corrected chi connectivity index (χ0v) is 19.7. The van der Waals surface area contributed by atoms with E-state index in [0.29, 0.717) is 28.1 Å². The van der Waals surface area contributed by atoms with Crippen LogP contribution in [0.1, 0.15) is 38.1 Å². The molecule has 3 aromatic rings. The van der Waals surface area contributed by atoms with Crippen molar-refractivity contribution in [2.24, 2.45) is 0 Å². The first-order valence-corrected chi connectivity index (χ1v) is 11.0. The van der Waals surface area contributed by atoms with E-state index in [2.05, 4.69) is 9.97 Å². The van der Waals surface area contributed by atoms with Crippen molar-refractivity contribution in [3.05, 3.63) is 75.6 Å². The molecule has 4 rings (SSSR count). The molecule has 0 spiro atoms. The minimum atomic E-state index is -0.994. The topological polar surface area (TPSA) is 119 Å². The minimum absolute atomic E-state index is 0.0984. The maximum absolute atomic E-state index is 13.2. The number of Topliss-reactive ketones (excluding diaryl/α,β-unsaturated/α-hetero) is 1. The standard InChI is InChI=1S/C24H21N3O6S/c1-12-10-15(32-3)7-8-16(12)19(28)17-18(14-6-5-9-25-11-14)27(22(30)20(17)29)24-26-13(2)21(34-24)23(31)33-4/h5-11,18,28H,1-4H3/b19-17+/t18-/m0/s1. The summed E-state index contributed by atoms with van der Waals surface area (Å²) < 4.78 is 10.0. The highest BCUT2D eigenvalue weighted by atomic mass is 32.1.